The molecule has 3 rings (SSSR count). The van der Waals surface area contributed by atoms with Crippen molar-refractivity contribution in [2.45, 2.75) is 51.4 Å². The number of hydrogen-bond acceptors (Lipinski definition) is 1. The lowest BCUT2D eigenvalue weighted by Crippen LogP contribution is -2.29. The van der Waals surface area contributed by atoms with E-state index < -0.39 is 0 Å². The Bertz CT molecular complexity index is 559. The molecule has 0 aromatic heterocycles. The van der Waals surface area contributed by atoms with E-state index in [0.717, 1.165) is 51.4 Å². The van der Waals surface area contributed by atoms with Crippen molar-refractivity contribution in [1.29, 1.82) is 0 Å². The van der Waals surface area contributed by atoms with Crippen molar-refractivity contribution in [2.75, 3.05) is 0 Å². The molecule has 0 atom stereocenters. The fourth-order valence-electron chi connectivity index (χ4n) is 4.04. The maximum absolute atomic E-state index is 11.8. The van der Waals surface area contributed by atoms with Gasteiger partial charge < -0.3 is 0 Å². The van der Waals surface area contributed by atoms with Gasteiger partial charge in [-0.3, -0.25) is 4.79 Å². The highest BCUT2D eigenvalue weighted by atomic mass is 16.1. The van der Waals surface area contributed by atoms with E-state index in [0.29, 0.717) is 11.2 Å². The molecule has 0 spiro atoms. The van der Waals surface area contributed by atoms with Crippen molar-refractivity contribution >= 4 is 5.78 Å². The molecule has 0 N–H and O–H groups in total. The molecule has 2 aromatic rings. The van der Waals surface area contributed by atoms with Crippen molar-refractivity contribution < 1.29 is 4.79 Å². The molecule has 1 nitrogen and oxygen atoms in total. The van der Waals surface area contributed by atoms with Crippen LogP contribution in [0.15, 0.2) is 60.7 Å². The molecule has 1 aliphatic rings. The maximum atomic E-state index is 11.8. The maximum Gasteiger partial charge on any atom is 0.132 e. The predicted octanol–water partition coefficient (Wildman–Crippen LogP) is 5.38. The summed E-state index contributed by atoms with van der Waals surface area (Å²) in [7, 11) is 0. The van der Waals surface area contributed by atoms with Crippen LogP contribution in [0.2, 0.25) is 0 Å². The molecule has 0 radical (unpaired) electrons. The summed E-state index contributed by atoms with van der Waals surface area (Å²) in [4.78, 5) is 11.8. The smallest absolute Gasteiger partial charge is 0.132 e. The monoisotopic (exact) mass is 306 g/mol. The first-order valence-corrected chi connectivity index (χ1v) is 8.85. The Morgan fingerprint density at radius 1 is 0.696 bits per heavy atom. The van der Waals surface area contributed by atoms with E-state index in [1.165, 1.54) is 11.1 Å². The molecule has 23 heavy (non-hydrogen) atoms. The minimum atomic E-state index is 0.295. The van der Waals surface area contributed by atoms with Crippen LogP contribution < -0.4 is 0 Å². The molecule has 0 unspecified atom stereocenters. The summed E-state index contributed by atoms with van der Waals surface area (Å²) in [6, 6.07) is 21.7. The Hall–Kier alpha value is -1.89. The Labute approximate surface area is 139 Å². The van der Waals surface area contributed by atoms with E-state index >= 15 is 0 Å². The van der Waals surface area contributed by atoms with Crippen LogP contribution in [0.5, 0.6) is 0 Å². The van der Waals surface area contributed by atoms with Crippen LogP contribution in [0, 0.1) is 5.41 Å². The van der Waals surface area contributed by atoms with Crippen LogP contribution >= 0.6 is 0 Å². The number of ketones is 1. The van der Waals surface area contributed by atoms with Crippen LogP contribution in [0.25, 0.3) is 0 Å². The Kier molecular flexibility index (Phi) is 5.27. The summed E-state index contributed by atoms with van der Waals surface area (Å²) in [5.74, 6) is 0.457. The molecule has 2 aromatic carbocycles. The van der Waals surface area contributed by atoms with Gasteiger partial charge in [-0.25, -0.2) is 0 Å². The highest BCUT2D eigenvalue weighted by molar-refractivity contribution is 5.78. The molecule has 0 amide bonds. The quantitative estimate of drug-likeness (QED) is 0.741. The Morgan fingerprint density at radius 3 is 1.57 bits per heavy atom. The lowest BCUT2D eigenvalue weighted by atomic mass is 9.68. The second-order valence-corrected chi connectivity index (χ2v) is 7.07. The molecular weight excluding hydrogens is 280 g/mol. The van der Waals surface area contributed by atoms with E-state index in [1.807, 2.05) is 0 Å². The van der Waals surface area contributed by atoms with Gasteiger partial charge in [0.25, 0.3) is 0 Å². The van der Waals surface area contributed by atoms with Crippen molar-refractivity contribution in [3.8, 4) is 0 Å². The largest absolute Gasteiger partial charge is 0.300 e. The second-order valence-electron chi connectivity index (χ2n) is 7.07. The SMILES string of the molecule is O=C1CCCC(Cc2ccccc2)(Cc2ccccc2)CCC1. The number of carbonyl (C=O) groups is 1. The standard InChI is InChI=1S/C22H26O/c23-21-13-7-15-22(16-8-14-21,17-19-9-3-1-4-10-19)18-20-11-5-2-6-12-20/h1-6,9-12H,7-8,13-18H2. The zero-order valence-electron chi connectivity index (χ0n) is 13.8. The number of Topliss-reactive ketones (excluding diaryl/α,β-unsaturated/α-hetero) is 1. The van der Waals surface area contributed by atoms with Crippen molar-refractivity contribution in [3.05, 3.63) is 71.8 Å². The summed E-state index contributed by atoms with van der Waals surface area (Å²) in [5, 5.41) is 0. The Balaban J connectivity index is 1.83. The van der Waals surface area contributed by atoms with Gasteiger partial charge in [0.15, 0.2) is 0 Å². The summed E-state index contributed by atoms with van der Waals surface area (Å²) in [6.07, 6.45) is 8.17. The van der Waals surface area contributed by atoms with Crippen LogP contribution in [0.1, 0.15) is 49.7 Å². The molecular formula is C22H26O. The molecule has 0 aliphatic heterocycles. The van der Waals surface area contributed by atoms with Crippen LogP contribution in [0.4, 0.5) is 0 Å². The lowest BCUT2D eigenvalue weighted by molar-refractivity contribution is -0.119. The van der Waals surface area contributed by atoms with Crippen molar-refractivity contribution in [1.82, 2.24) is 0 Å². The van der Waals surface area contributed by atoms with E-state index in [4.69, 9.17) is 0 Å². The molecule has 0 saturated heterocycles. The molecule has 1 aliphatic carbocycles. The number of carbonyl (C=O) groups excluding carboxylic acids is 1. The van der Waals surface area contributed by atoms with E-state index in [2.05, 4.69) is 60.7 Å². The fourth-order valence-corrected chi connectivity index (χ4v) is 4.04. The highest BCUT2D eigenvalue weighted by Crippen LogP contribution is 2.40. The normalized spacial score (nSPS) is 18.2. The van der Waals surface area contributed by atoms with Crippen molar-refractivity contribution in [3.63, 3.8) is 0 Å². The summed E-state index contributed by atoms with van der Waals surface area (Å²) in [5.41, 5.74) is 3.15. The predicted molar refractivity (Wildman–Crippen MR) is 95.4 cm³/mol. The molecule has 1 heteroatoms. The number of hydrogen-bond donors (Lipinski definition) is 0. The second kappa shape index (κ2) is 7.59. The average molecular weight is 306 g/mol. The zero-order chi connectivity index (χ0) is 16.0. The van der Waals surface area contributed by atoms with Gasteiger partial charge in [0.2, 0.25) is 0 Å². The molecule has 1 saturated carbocycles. The van der Waals surface area contributed by atoms with E-state index in [9.17, 15) is 4.79 Å². The van der Waals surface area contributed by atoms with Gasteiger partial charge >= 0.3 is 0 Å². The average Bonchev–Trinajstić information content (AvgIpc) is 2.55. The fraction of sp³-hybridized carbons (Fsp3) is 0.409. The van der Waals surface area contributed by atoms with Gasteiger partial charge in [0.05, 0.1) is 0 Å². The number of benzene rings is 2. The molecule has 0 bridgehead atoms. The first kappa shape index (κ1) is 16.0. The minimum absolute atomic E-state index is 0.295. The molecule has 1 fully saturated rings. The van der Waals surface area contributed by atoms with Crippen LogP contribution in [-0.4, -0.2) is 5.78 Å². The summed E-state index contributed by atoms with van der Waals surface area (Å²) in [6.45, 7) is 0. The van der Waals surface area contributed by atoms with E-state index in [-0.39, 0.29) is 0 Å². The third kappa shape index (κ3) is 4.54. The first-order valence-electron chi connectivity index (χ1n) is 8.85. The topological polar surface area (TPSA) is 17.1 Å². The van der Waals surface area contributed by atoms with Crippen LogP contribution in [0.3, 0.4) is 0 Å². The summed E-state index contributed by atoms with van der Waals surface area (Å²) >= 11 is 0. The molecule has 0 heterocycles. The zero-order valence-corrected chi connectivity index (χ0v) is 13.8. The number of rotatable bonds is 4. The molecule has 120 valence electrons. The summed E-state index contributed by atoms with van der Waals surface area (Å²) < 4.78 is 0. The van der Waals surface area contributed by atoms with Gasteiger partial charge in [0, 0.05) is 12.8 Å². The van der Waals surface area contributed by atoms with Gasteiger partial charge in [-0.15, -0.1) is 0 Å². The highest BCUT2D eigenvalue weighted by Gasteiger charge is 2.31. The van der Waals surface area contributed by atoms with Gasteiger partial charge in [-0.2, -0.15) is 0 Å². The van der Waals surface area contributed by atoms with Crippen molar-refractivity contribution in [2.24, 2.45) is 5.41 Å². The Morgan fingerprint density at radius 2 is 1.13 bits per heavy atom. The van der Waals surface area contributed by atoms with Gasteiger partial charge in [0.1, 0.15) is 5.78 Å². The first-order chi connectivity index (χ1) is 11.3. The van der Waals surface area contributed by atoms with Gasteiger partial charge in [-0.05, 0) is 55.1 Å². The minimum Gasteiger partial charge on any atom is -0.300 e. The van der Waals surface area contributed by atoms with E-state index in [1.54, 1.807) is 0 Å². The van der Waals surface area contributed by atoms with Crippen LogP contribution in [-0.2, 0) is 17.6 Å². The van der Waals surface area contributed by atoms with Gasteiger partial charge in [-0.1, -0.05) is 60.7 Å². The third-order valence-corrected chi connectivity index (χ3v) is 5.17. The third-order valence-electron chi connectivity index (χ3n) is 5.17. The lowest BCUT2D eigenvalue weighted by Gasteiger charge is -2.36.